The molecule has 10 rings (SSSR count). The van der Waals surface area contributed by atoms with Crippen LogP contribution in [0.5, 0.6) is 0 Å². The van der Waals surface area contributed by atoms with Crippen molar-refractivity contribution >= 4 is 75.1 Å². The van der Waals surface area contributed by atoms with Crippen molar-refractivity contribution in [2.45, 2.75) is 0 Å². The standard InChI is InChI=1S/C41H25N3S/c1-3-13-26(14-4-1)38-41-33(30-19-9-12-22-36(30)45-41)25-37(42-38)44-35-21-11-8-18-29(35)32-24-23-31-28-17-7-10-20-34(28)43(39(31)40(32)44)27-15-5-2-6-16-27/h1-25H. The first-order chi connectivity index (χ1) is 22.3. The molecule has 4 heteroatoms. The van der Waals surface area contributed by atoms with E-state index in [0.29, 0.717) is 0 Å². The van der Waals surface area contributed by atoms with E-state index in [1.807, 2.05) is 11.3 Å². The molecule has 0 amide bonds. The first-order valence-corrected chi connectivity index (χ1v) is 16.1. The van der Waals surface area contributed by atoms with Gasteiger partial charge in [-0.3, -0.25) is 4.57 Å². The van der Waals surface area contributed by atoms with Crippen LogP contribution in [-0.4, -0.2) is 14.1 Å². The first-order valence-electron chi connectivity index (χ1n) is 15.2. The van der Waals surface area contributed by atoms with E-state index in [2.05, 4.69) is 161 Å². The molecular weight excluding hydrogens is 567 g/mol. The molecule has 4 heterocycles. The summed E-state index contributed by atoms with van der Waals surface area (Å²) in [5.74, 6) is 0.925. The first kappa shape index (κ1) is 24.7. The predicted molar refractivity (Wildman–Crippen MR) is 191 cm³/mol. The summed E-state index contributed by atoms with van der Waals surface area (Å²) in [5, 5.41) is 7.42. The molecule has 0 unspecified atom stereocenters. The Kier molecular flexibility index (Phi) is 5.16. The predicted octanol–water partition coefficient (Wildman–Crippen LogP) is 11.3. The van der Waals surface area contributed by atoms with Crippen molar-refractivity contribution in [3.05, 3.63) is 152 Å². The molecule has 0 radical (unpaired) electrons. The van der Waals surface area contributed by atoms with Crippen LogP contribution in [0.1, 0.15) is 0 Å². The lowest BCUT2D eigenvalue weighted by atomic mass is 10.1. The monoisotopic (exact) mass is 591 g/mol. The average Bonchev–Trinajstić information content (AvgIpc) is 3.76. The van der Waals surface area contributed by atoms with Gasteiger partial charge in [0.2, 0.25) is 0 Å². The molecule has 10 aromatic rings. The van der Waals surface area contributed by atoms with Crippen LogP contribution < -0.4 is 0 Å². The number of para-hydroxylation sites is 3. The highest BCUT2D eigenvalue weighted by atomic mass is 32.1. The Labute approximate surface area is 262 Å². The van der Waals surface area contributed by atoms with Crippen molar-refractivity contribution < 1.29 is 0 Å². The maximum atomic E-state index is 5.54. The highest BCUT2D eigenvalue weighted by molar-refractivity contribution is 7.26. The minimum absolute atomic E-state index is 0.925. The van der Waals surface area contributed by atoms with Gasteiger partial charge in [0.1, 0.15) is 5.82 Å². The Hall–Kier alpha value is -5.71. The van der Waals surface area contributed by atoms with Gasteiger partial charge in [0.05, 0.1) is 32.5 Å². The number of nitrogens with zero attached hydrogens (tertiary/aromatic N) is 3. The Morgan fingerprint density at radius 2 is 1.00 bits per heavy atom. The second-order valence-corrected chi connectivity index (χ2v) is 12.6. The second kappa shape index (κ2) is 9.39. The van der Waals surface area contributed by atoms with Gasteiger partial charge in [-0.1, -0.05) is 115 Å². The van der Waals surface area contributed by atoms with Gasteiger partial charge in [0.15, 0.2) is 0 Å². The number of hydrogen-bond donors (Lipinski definition) is 0. The molecule has 6 aromatic carbocycles. The topological polar surface area (TPSA) is 22.8 Å². The molecule has 0 aliphatic carbocycles. The molecule has 0 spiro atoms. The van der Waals surface area contributed by atoms with Crippen LogP contribution in [0.3, 0.4) is 0 Å². The van der Waals surface area contributed by atoms with Crippen molar-refractivity contribution in [2.24, 2.45) is 0 Å². The Bertz CT molecular complexity index is 2750. The summed E-state index contributed by atoms with van der Waals surface area (Å²) in [6.07, 6.45) is 0. The Morgan fingerprint density at radius 3 is 1.71 bits per heavy atom. The zero-order chi connectivity index (χ0) is 29.5. The molecular formula is C41H25N3S. The van der Waals surface area contributed by atoms with Crippen LogP contribution in [0.15, 0.2) is 152 Å². The largest absolute Gasteiger partial charge is 0.307 e. The molecule has 0 saturated carbocycles. The van der Waals surface area contributed by atoms with Gasteiger partial charge in [0, 0.05) is 48.3 Å². The minimum Gasteiger partial charge on any atom is -0.307 e. The van der Waals surface area contributed by atoms with Gasteiger partial charge in [-0.2, -0.15) is 0 Å². The summed E-state index contributed by atoms with van der Waals surface area (Å²) in [6.45, 7) is 0. The molecule has 3 nitrogen and oxygen atoms in total. The molecule has 0 aliphatic rings. The second-order valence-electron chi connectivity index (χ2n) is 11.6. The van der Waals surface area contributed by atoms with E-state index in [0.717, 1.165) is 28.3 Å². The van der Waals surface area contributed by atoms with Crippen molar-refractivity contribution in [3.8, 4) is 22.8 Å². The van der Waals surface area contributed by atoms with E-state index in [9.17, 15) is 0 Å². The van der Waals surface area contributed by atoms with Crippen molar-refractivity contribution in [3.63, 3.8) is 0 Å². The summed E-state index contributed by atoms with van der Waals surface area (Å²) in [6, 6.07) is 54.5. The quantitative estimate of drug-likeness (QED) is 0.200. The zero-order valence-corrected chi connectivity index (χ0v) is 25.0. The fourth-order valence-corrected chi connectivity index (χ4v) is 8.39. The maximum Gasteiger partial charge on any atom is 0.139 e. The summed E-state index contributed by atoms with van der Waals surface area (Å²) in [4.78, 5) is 5.54. The molecule has 0 saturated heterocycles. The number of hydrogen-bond acceptors (Lipinski definition) is 2. The van der Waals surface area contributed by atoms with Crippen LogP contribution in [0.2, 0.25) is 0 Å². The zero-order valence-electron chi connectivity index (χ0n) is 24.2. The lowest BCUT2D eigenvalue weighted by Crippen LogP contribution is -2.01. The number of rotatable bonds is 3. The van der Waals surface area contributed by atoms with Crippen molar-refractivity contribution in [1.29, 1.82) is 0 Å². The van der Waals surface area contributed by atoms with Gasteiger partial charge in [-0.05, 0) is 36.4 Å². The van der Waals surface area contributed by atoms with Crippen LogP contribution in [0, 0.1) is 0 Å². The summed E-state index contributed by atoms with van der Waals surface area (Å²) >= 11 is 1.83. The normalized spacial score (nSPS) is 12.0. The third-order valence-corrected chi connectivity index (χ3v) is 10.3. The number of aromatic nitrogens is 3. The third-order valence-electron chi connectivity index (χ3n) is 9.11. The van der Waals surface area contributed by atoms with Crippen LogP contribution in [-0.2, 0) is 0 Å². The maximum absolute atomic E-state index is 5.54. The molecule has 0 aliphatic heterocycles. The van der Waals surface area contributed by atoms with Crippen molar-refractivity contribution in [2.75, 3.05) is 0 Å². The number of pyridine rings is 1. The van der Waals surface area contributed by atoms with Gasteiger partial charge < -0.3 is 4.57 Å². The van der Waals surface area contributed by atoms with Crippen LogP contribution in [0.25, 0.3) is 86.5 Å². The number of fused-ring (bicyclic) bond motifs is 10. The minimum atomic E-state index is 0.925. The highest BCUT2D eigenvalue weighted by Gasteiger charge is 2.23. The molecule has 0 atom stereocenters. The van der Waals surface area contributed by atoms with E-state index in [1.165, 1.54) is 58.3 Å². The van der Waals surface area contributed by atoms with E-state index in [4.69, 9.17) is 4.98 Å². The fraction of sp³-hybridized carbons (Fsp3) is 0. The van der Waals surface area contributed by atoms with Gasteiger partial charge in [0.25, 0.3) is 0 Å². The summed E-state index contributed by atoms with van der Waals surface area (Å²) in [5.41, 5.74) is 7.99. The summed E-state index contributed by atoms with van der Waals surface area (Å²) in [7, 11) is 0. The van der Waals surface area contributed by atoms with Gasteiger partial charge >= 0.3 is 0 Å². The van der Waals surface area contributed by atoms with Crippen molar-refractivity contribution in [1.82, 2.24) is 14.1 Å². The summed E-state index contributed by atoms with van der Waals surface area (Å²) < 4.78 is 7.33. The lowest BCUT2D eigenvalue weighted by molar-refractivity contribution is 1.09. The Morgan fingerprint density at radius 1 is 0.444 bits per heavy atom. The van der Waals surface area contributed by atoms with E-state index < -0.39 is 0 Å². The Balaban J connectivity index is 1.44. The highest BCUT2D eigenvalue weighted by Crippen LogP contribution is 2.44. The van der Waals surface area contributed by atoms with E-state index >= 15 is 0 Å². The number of thiophene rings is 1. The van der Waals surface area contributed by atoms with Crippen LogP contribution >= 0.6 is 11.3 Å². The van der Waals surface area contributed by atoms with E-state index in [1.54, 1.807) is 0 Å². The van der Waals surface area contributed by atoms with Gasteiger partial charge in [-0.15, -0.1) is 11.3 Å². The SMILES string of the molecule is c1ccc(-c2nc(-n3c4ccccc4c4ccc5c6ccccc6n(-c6ccccc6)c5c43)cc3c2sc2ccccc23)cc1. The lowest BCUT2D eigenvalue weighted by Gasteiger charge is -2.13. The smallest absolute Gasteiger partial charge is 0.139 e. The third kappa shape index (κ3) is 3.48. The molecule has 0 fully saturated rings. The molecule has 4 aromatic heterocycles. The molecule has 0 N–H and O–H groups in total. The molecule has 210 valence electrons. The fourth-order valence-electron chi connectivity index (χ4n) is 7.20. The molecule has 0 bridgehead atoms. The van der Waals surface area contributed by atoms with Crippen LogP contribution in [0.4, 0.5) is 0 Å². The average molecular weight is 592 g/mol. The van der Waals surface area contributed by atoms with Gasteiger partial charge in [-0.25, -0.2) is 4.98 Å². The molecule has 45 heavy (non-hydrogen) atoms. The van der Waals surface area contributed by atoms with E-state index in [-0.39, 0.29) is 0 Å². The number of benzene rings is 6.